The smallest absolute Gasteiger partial charge is 0.299 e. The number of fused-ring (bicyclic) bond motifs is 2. The van der Waals surface area contributed by atoms with Crippen molar-refractivity contribution in [3.63, 3.8) is 0 Å². The van der Waals surface area contributed by atoms with Crippen molar-refractivity contribution in [2.75, 3.05) is 31.2 Å². The number of benzene rings is 1. The topological polar surface area (TPSA) is 68.2 Å². The zero-order valence-electron chi connectivity index (χ0n) is 13.7. The molecule has 1 aromatic carbocycles. The van der Waals surface area contributed by atoms with Crippen molar-refractivity contribution in [1.29, 1.82) is 0 Å². The molecule has 25 heavy (non-hydrogen) atoms. The number of hydrogen-bond acceptors (Lipinski definition) is 4. The fourth-order valence-electron chi connectivity index (χ4n) is 3.42. The van der Waals surface area contributed by atoms with Crippen LogP contribution in [0.25, 0.3) is 33.2 Å². The van der Waals surface area contributed by atoms with Gasteiger partial charge in [0.25, 0.3) is 5.65 Å². The summed E-state index contributed by atoms with van der Waals surface area (Å²) in [5, 5.41) is 1.17. The summed E-state index contributed by atoms with van der Waals surface area (Å²) in [5.74, 6) is 0. The van der Waals surface area contributed by atoms with Gasteiger partial charge in [-0.05, 0) is 29.8 Å². The number of morpholine rings is 1. The van der Waals surface area contributed by atoms with Gasteiger partial charge in [0.2, 0.25) is 0 Å². The minimum absolute atomic E-state index is 0.771. The fraction of sp³-hybridized carbons (Fsp3) is 0.211. The third kappa shape index (κ3) is 2.51. The Bertz CT molecular complexity index is 1050. The average Bonchev–Trinajstić information content (AvgIpc) is 3.15. The molecule has 1 fully saturated rings. The van der Waals surface area contributed by atoms with Crippen LogP contribution in [0.4, 0.5) is 5.69 Å². The van der Waals surface area contributed by atoms with Gasteiger partial charge in [-0.2, -0.15) is 0 Å². The van der Waals surface area contributed by atoms with E-state index in [0.717, 1.165) is 54.1 Å². The number of pyridine rings is 2. The lowest BCUT2D eigenvalue weighted by atomic mass is 10.0. The molecule has 1 saturated heterocycles. The monoisotopic (exact) mass is 332 g/mol. The third-order valence-corrected chi connectivity index (χ3v) is 4.73. The Morgan fingerprint density at radius 1 is 1.04 bits per heavy atom. The van der Waals surface area contributed by atoms with Crippen molar-refractivity contribution < 1.29 is 9.72 Å². The first-order chi connectivity index (χ1) is 12.4. The second-order valence-electron chi connectivity index (χ2n) is 6.21. The lowest BCUT2D eigenvalue weighted by Crippen LogP contribution is -2.36. The number of nitrogens with one attached hydrogen (secondary N) is 2. The summed E-state index contributed by atoms with van der Waals surface area (Å²) < 4.78 is 5.49. The van der Waals surface area contributed by atoms with E-state index in [9.17, 15) is 0 Å². The minimum atomic E-state index is 0.771. The van der Waals surface area contributed by atoms with E-state index in [1.54, 1.807) is 6.33 Å². The molecule has 0 unspecified atom stereocenters. The molecule has 4 aromatic rings. The van der Waals surface area contributed by atoms with Gasteiger partial charge in [0.05, 0.1) is 18.7 Å². The van der Waals surface area contributed by atoms with Crippen LogP contribution in [0, 0.1) is 0 Å². The molecule has 0 aliphatic carbocycles. The summed E-state index contributed by atoms with van der Waals surface area (Å²) in [5.41, 5.74) is 6.31. The molecule has 6 nitrogen and oxygen atoms in total. The molecule has 0 spiro atoms. The molecule has 0 saturated carbocycles. The lowest BCUT2D eigenvalue weighted by Gasteiger charge is -2.29. The largest absolute Gasteiger partial charge is 0.378 e. The van der Waals surface area contributed by atoms with E-state index in [0.29, 0.717) is 0 Å². The lowest BCUT2D eigenvalue weighted by molar-refractivity contribution is -0.347. The molecule has 4 heterocycles. The van der Waals surface area contributed by atoms with E-state index in [2.05, 4.69) is 55.2 Å². The van der Waals surface area contributed by atoms with Gasteiger partial charge in [0.1, 0.15) is 6.20 Å². The molecular formula is C19H18N5O+. The quantitative estimate of drug-likeness (QED) is 0.612. The van der Waals surface area contributed by atoms with Crippen LogP contribution in [-0.2, 0) is 4.74 Å². The molecule has 2 N–H and O–H groups in total. The molecule has 0 amide bonds. The Balaban J connectivity index is 1.64. The summed E-state index contributed by atoms with van der Waals surface area (Å²) in [6, 6.07) is 10.6. The van der Waals surface area contributed by atoms with E-state index < -0.39 is 0 Å². The van der Waals surface area contributed by atoms with Crippen LogP contribution in [0.3, 0.4) is 0 Å². The predicted octanol–water partition coefficient (Wildman–Crippen LogP) is 2.43. The molecule has 1 aliphatic heterocycles. The van der Waals surface area contributed by atoms with Crippen LogP contribution in [-0.4, -0.2) is 41.3 Å². The SMILES string of the molecule is c1cc(N2CCOCC2)c2cc(-c3cnc4[nH+]c[nH]c4c3)ccc2n1. The molecule has 1 aliphatic rings. The van der Waals surface area contributed by atoms with E-state index in [1.165, 1.54) is 11.1 Å². The minimum Gasteiger partial charge on any atom is -0.378 e. The number of nitrogens with zero attached hydrogens (tertiary/aromatic N) is 3. The maximum absolute atomic E-state index is 5.49. The first-order valence-electron chi connectivity index (χ1n) is 8.45. The highest BCUT2D eigenvalue weighted by Gasteiger charge is 2.15. The standard InChI is InChI=1S/C19H17N5O/c1-2-16-15(18(3-4-20-16)24-5-7-25-8-6-24)9-13(1)14-10-17-19(21-11-14)23-12-22-17/h1-4,9-12H,5-8H2,(H,21,22,23)/p+1. The number of hydrogen-bond donors (Lipinski definition) is 1. The molecule has 0 bridgehead atoms. The number of aromatic amines is 2. The predicted molar refractivity (Wildman–Crippen MR) is 96.4 cm³/mol. The average molecular weight is 332 g/mol. The van der Waals surface area contributed by atoms with Gasteiger partial charge in [-0.15, -0.1) is 4.98 Å². The highest BCUT2D eigenvalue weighted by Crippen LogP contribution is 2.30. The number of H-pyrrole nitrogens is 2. The van der Waals surface area contributed by atoms with Crippen molar-refractivity contribution in [1.82, 2.24) is 15.0 Å². The zero-order chi connectivity index (χ0) is 16.6. The van der Waals surface area contributed by atoms with E-state index in [1.807, 2.05) is 12.4 Å². The molecule has 5 rings (SSSR count). The summed E-state index contributed by atoms with van der Waals surface area (Å²) in [6.45, 7) is 3.37. The molecular weight excluding hydrogens is 314 g/mol. The van der Waals surface area contributed by atoms with Gasteiger partial charge in [0, 0.05) is 35.9 Å². The van der Waals surface area contributed by atoms with Crippen molar-refractivity contribution in [3.8, 4) is 11.1 Å². The van der Waals surface area contributed by atoms with E-state index >= 15 is 0 Å². The normalized spacial score (nSPS) is 15.1. The van der Waals surface area contributed by atoms with Gasteiger partial charge in [-0.1, -0.05) is 6.07 Å². The van der Waals surface area contributed by atoms with Crippen LogP contribution < -0.4 is 9.88 Å². The molecule has 3 aromatic heterocycles. The second-order valence-corrected chi connectivity index (χ2v) is 6.21. The Hall–Kier alpha value is -2.99. The Morgan fingerprint density at radius 3 is 2.88 bits per heavy atom. The number of rotatable bonds is 2. The van der Waals surface area contributed by atoms with Gasteiger partial charge >= 0.3 is 0 Å². The first kappa shape index (κ1) is 14.4. The Kier molecular flexibility index (Phi) is 3.34. The van der Waals surface area contributed by atoms with E-state index in [4.69, 9.17) is 4.74 Å². The van der Waals surface area contributed by atoms with Crippen molar-refractivity contribution >= 4 is 27.8 Å². The number of anilines is 1. The molecule has 6 heteroatoms. The maximum Gasteiger partial charge on any atom is 0.299 e. The number of ether oxygens (including phenoxy) is 1. The van der Waals surface area contributed by atoms with Gasteiger partial charge in [-0.3, -0.25) is 9.97 Å². The molecule has 0 radical (unpaired) electrons. The van der Waals surface area contributed by atoms with E-state index in [-0.39, 0.29) is 0 Å². The summed E-state index contributed by atoms with van der Waals surface area (Å²) in [4.78, 5) is 17.6. The Morgan fingerprint density at radius 2 is 1.96 bits per heavy atom. The highest BCUT2D eigenvalue weighted by molar-refractivity contribution is 5.95. The number of imidazole rings is 1. The van der Waals surface area contributed by atoms with Gasteiger partial charge in [0.15, 0.2) is 11.8 Å². The van der Waals surface area contributed by atoms with Crippen LogP contribution in [0.15, 0.2) is 49.1 Å². The van der Waals surface area contributed by atoms with Crippen LogP contribution in [0.2, 0.25) is 0 Å². The highest BCUT2D eigenvalue weighted by atomic mass is 16.5. The molecule has 0 atom stereocenters. The van der Waals surface area contributed by atoms with Crippen LogP contribution in [0.1, 0.15) is 0 Å². The van der Waals surface area contributed by atoms with Gasteiger partial charge in [-0.25, -0.2) is 4.98 Å². The zero-order valence-corrected chi connectivity index (χ0v) is 13.7. The number of aromatic nitrogens is 4. The van der Waals surface area contributed by atoms with Crippen LogP contribution >= 0.6 is 0 Å². The summed E-state index contributed by atoms with van der Waals surface area (Å²) in [6.07, 6.45) is 5.58. The van der Waals surface area contributed by atoms with Gasteiger partial charge < -0.3 is 9.64 Å². The van der Waals surface area contributed by atoms with Crippen molar-refractivity contribution in [2.45, 2.75) is 0 Å². The molecule has 124 valence electrons. The second kappa shape index (κ2) is 5.82. The van der Waals surface area contributed by atoms with Crippen molar-refractivity contribution in [2.24, 2.45) is 0 Å². The summed E-state index contributed by atoms with van der Waals surface area (Å²) >= 11 is 0. The van der Waals surface area contributed by atoms with Crippen molar-refractivity contribution in [3.05, 3.63) is 49.1 Å². The Labute approximate surface area is 144 Å². The fourth-order valence-corrected chi connectivity index (χ4v) is 3.42. The maximum atomic E-state index is 5.49. The summed E-state index contributed by atoms with van der Waals surface area (Å²) in [7, 11) is 0. The third-order valence-electron chi connectivity index (χ3n) is 4.73. The van der Waals surface area contributed by atoms with Crippen LogP contribution in [0.5, 0.6) is 0 Å². The first-order valence-corrected chi connectivity index (χ1v) is 8.45.